The predicted molar refractivity (Wildman–Crippen MR) is 112 cm³/mol. The van der Waals surface area contributed by atoms with E-state index in [0.29, 0.717) is 33.6 Å². The minimum absolute atomic E-state index is 0.201. The lowest BCUT2D eigenvalue weighted by Gasteiger charge is -2.39. The molecule has 2 saturated heterocycles. The number of ether oxygens (including phenoxy) is 1. The fraction of sp³-hybridized carbons (Fsp3) is 0.500. The van der Waals surface area contributed by atoms with Crippen LogP contribution in [0, 0.1) is 23.7 Å². The molecule has 0 amide bonds. The lowest BCUT2D eigenvalue weighted by atomic mass is 9.77. The summed E-state index contributed by atoms with van der Waals surface area (Å²) in [5.41, 5.74) is 3.21. The third-order valence-corrected chi connectivity index (χ3v) is 6.57. The summed E-state index contributed by atoms with van der Waals surface area (Å²) in [6, 6.07) is 7.38. The first-order chi connectivity index (χ1) is 14.0. The highest BCUT2D eigenvalue weighted by atomic mass is 35.5. The number of piperidine rings is 1. The number of hydrogen-bond acceptors (Lipinski definition) is 6. The van der Waals surface area contributed by atoms with Gasteiger partial charge in [0, 0.05) is 18.7 Å². The van der Waals surface area contributed by atoms with E-state index >= 15 is 0 Å². The standard InChI is InChI=1S/C22H25ClN4O2/c1-14-10-22(13-29-14)6-8-27(9-7-22)21-18(12-28)26-20(15(2)25-21)17-5-3-4-16(11-24)19(17)23/h3-5,14,28H,6-10,12-13H2,1-2H3/t14-/m0/s1. The summed E-state index contributed by atoms with van der Waals surface area (Å²) >= 11 is 6.41. The van der Waals surface area contributed by atoms with Crippen LogP contribution in [0.25, 0.3) is 11.3 Å². The van der Waals surface area contributed by atoms with Gasteiger partial charge in [-0.25, -0.2) is 9.97 Å². The van der Waals surface area contributed by atoms with Crippen LogP contribution in [-0.2, 0) is 11.3 Å². The molecule has 0 radical (unpaired) electrons. The number of aryl methyl sites for hydroxylation is 1. The molecule has 0 bridgehead atoms. The summed E-state index contributed by atoms with van der Waals surface area (Å²) in [4.78, 5) is 11.7. The molecule has 1 atom stereocenters. The zero-order valence-corrected chi connectivity index (χ0v) is 17.5. The molecule has 152 valence electrons. The molecule has 7 heteroatoms. The van der Waals surface area contributed by atoms with Crippen molar-refractivity contribution in [3.63, 3.8) is 0 Å². The average Bonchev–Trinajstić information content (AvgIpc) is 3.09. The molecule has 0 aliphatic carbocycles. The van der Waals surface area contributed by atoms with Crippen LogP contribution >= 0.6 is 11.6 Å². The zero-order chi connectivity index (χ0) is 20.6. The normalized spacial score (nSPS) is 20.8. The molecule has 1 spiro atoms. The Morgan fingerprint density at radius 3 is 2.72 bits per heavy atom. The van der Waals surface area contributed by atoms with Crippen LogP contribution < -0.4 is 4.90 Å². The maximum Gasteiger partial charge on any atom is 0.153 e. The van der Waals surface area contributed by atoms with Crippen molar-refractivity contribution in [2.24, 2.45) is 5.41 Å². The molecule has 2 aliphatic heterocycles. The van der Waals surface area contributed by atoms with Gasteiger partial charge in [-0.15, -0.1) is 0 Å². The largest absolute Gasteiger partial charge is 0.390 e. The van der Waals surface area contributed by atoms with Gasteiger partial charge in [-0.1, -0.05) is 23.7 Å². The van der Waals surface area contributed by atoms with E-state index < -0.39 is 0 Å². The summed E-state index contributed by atoms with van der Waals surface area (Å²) in [5, 5.41) is 19.6. The van der Waals surface area contributed by atoms with Gasteiger partial charge in [0.15, 0.2) is 5.82 Å². The van der Waals surface area contributed by atoms with Crippen molar-refractivity contribution in [3.05, 3.63) is 40.2 Å². The Morgan fingerprint density at radius 2 is 2.10 bits per heavy atom. The van der Waals surface area contributed by atoms with E-state index in [2.05, 4.69) is 17.9 Å². The number of aromatic nitrogens is 2. The van der Waals surface area contributed by atoms with Crippen molar-refractivity contribution in [2.45, 2.75) is 45.8 Å². The lowest BCUT2D eigenvalue weighted by Crippen LogP contribution is -2.41. The first-order valence-corrected chi connectivity index (χ1v) is 10.4. The van der Waals surface area contributed by atoms with Gasteiger partial charge in [0.25, 0.3) is 0 Å². The third kappa shape index (κ3) is 3.71. The average molecular weight is 413 g/mol. The van der Waals surface area contributed by atoms with Crippen LogP contribution in [0.4, 0.5) is 5.82 Å². The van der Waals surface area contributed by atoms with Gasteiger partial charge in [0.2, 0.25) is 0 Å². The summed E-state index contributed by atoms with van der Waals surface area (Å²) in [7, 11) is 0. The zero-order valence-electron chi connectivity index (χ0n) is 16.8. The van der Waals surface area contributed by atoms with E-state index in [-0.39, 0.29) is 12.0 Å². The Kier molecular flexibility index (Phi) is 5.48. The van der Waals surface area contributed by atoms with Crippen LogP contribution in [-0.4, -0.2) is 40.9 Å². The Hall–Kier alpha value is -2.20. The molecule has 3 heterocycles. The highest BCUT2D eigenvalue weighted by Crippen LogP contribution is 2.43. The quantitative estimate of drug-likeness (QED) is 0.824. The van der Waals surface area contributed by atoms with Crippen LogP contribution in [0.2, 0.25) is 5.02 Å². The van der Waals surface area contributed by atoms with Gasteiger partial charge in [0.05, 0.1) is 41.3 Å². The predicted octanol–water partition coefficient (Wildman–Crippen LogP) is 3.86. The number of nitriles is 1. The minimum Gasteiger partial charge on any atom is -0.390 e. The first-order valence-electron chi connectivity index (χ1n) is 10.0. The minimum atomic E-state index is -0.201. The number of benzene rings is 1. The molecule has 1 aromatic carbocycles. The van der Waals surface area contributed by atoms with Crippen molar-refractivity contribution in [1.82, 2.24) is 9.97 Å². The number of rotatable bonds is 3. The van der Waals surface area contributed by atoms with Gasteiger partial charge in [-0.05, 0) is 44.6 Å². The maximum atomic E-state index is 9.99. The van der Waals surface area contributed by atoms with Gasteiger partial charge in [-0.3, -0.25) is 0 Å². The number of nitrogens with zero attached hydrogens (tertiary/aromatic N) is 4. The number of aliphatic hydroxyl groups is 1. The highest BCUT2D eigenvalue weighted by Gasteiger charge is 2.41. The molecule has 29 heavy (non-hydrogen) atoms. The molecule has 2 aliphatic rings. The summed E-state index contributed by atoms with van der Waals surface area (Å²) < 4.78 is 5.82. The summed E-state index contributed by atoms with van der Waals surface area (Å²) in [5.74, 6) is 0.739. The van der Waals surface area contributed by atoms with E-state index in [1.54, 1.807) is 12.1 Å². The molecule has 4 rings (SSSR count). The molecule has 0 unspecified atom stereocenters. The monoisotopic (exact) mass is 412 g/mol. The number of hydrogen-bond donors (Lipinski definition) is 1. The Balaban J connectivity index is 1.64. The van der Waals surface area contributed by atoms with Crippen molar-refractivity contribution >= 4 is 17.4 Å². The highest BCUT2D eigenvalue weighted by molar-refractivity contribution is 6.34. The topological polar surface area (TPSA) is 82.3 Å². The Morgan fingerprint density at radius 1 is 1.34 bits per heavy atom. The smallest absolute Gasteiger partial charge is 0.153 e. The fourth-order valence-corrected chi connectivity index (χ4v) is 4.80. The molecule has 0 saturated carbocycles. The lowest BCUT2D eigenvalue weighted by molar-refractivity contribution is 0.0975. The van der Waals surface area contributed by atoms with Crippen LogP contribution in [0.1, 0.15) is 43.1 Å². The van der Waals surface area contributed by atoms with E-state index in [9.17, 15) is 10.4 Å². The molecule has 2 aromatic rings. The summed E-state index contributed by atoms with van der Waals surface area (Å²) in [6.45, 7) is 6.42. The van der Waals surface area contributed by atoms with E-state index in [4.69, 9.17) is 26.3 Å². The second-order valence-electron chi connectivity index (χ2n) is 8.18. The van der Waals surface area contributed by atoms with Crippen molar-refractivity contribution in [1.29, 1.82) is 5.26 Å². The number of anilines is 1. The number of halogens is 1. The second kappa shape index (κ2) is 7.91. The number of aliphatic hydroxyl groups excluding tert-OH is 1. The van der Waals surface area contributed by atoms with E-state index in [1.165, 1.54) is 0 Å². The molecular weight excluding hydrogens is 388 g/mol. The maximum absolute atomic E-state index is 9.99. The van der Waals surface area contributed by atoms with Gasteiger partial charge in [-0.2, -0.15) is 5.26 Å². The third-order valence-electron chi connectivity index (χ3n) is 6.16. The SMILES string of the molecule is Cc1nc(N2CCC3(CC2)CO[C@@H](C)C3)c(CO)nc1-c1cccc(C#N)c1Cl. The van der Waals surface area contributed by atoms with Gasteiger partial charge >= 0.3 is 0 Å². The van der Waals surface area contributed by atoms with Gasteiger partial charge in [0.1, 0.15) is 11.8 Å². The molecule has 1 N–H and O–H groups in total. The Labute approximate surface area is 176 Å². The molecule has 1 aromatic heterocycles. The van der Waals surface area contributed by atoms with Crippen LogP contribution in [0.5, 0.6) is 0 Å². The van der Waals surface area contributed by atoms with Crippen molar-refractivity contribution in [2.75, 3.05) is 24.6 Å². The Bertz CT molecular complexity index is 964. The molecule has 2 fully saturated rings. The van der Waals surface area contributed by atoms with E-state index in [0.717, 1.165) is 50.5 Å². The van der Waals surface area contributed by atoms with Crippen molar-refractivity contribution < 1.29 is 9.84 Å². The van der Waals surface area contributed by atoms with Crippen LogP contribution in [0.15, 0.2) is 18.2 Å². The van der Waals surface area contributed by atoms with Crippen LogP contribution in [0.3, 0.4) is 0 Å². The molecule has 6 nitrogen and oxygen atoms in total. The fourth-order valence-electron chi connectivity index (χ4n) is 4.55. The second-order valence-corrected chi connectivity index (χ2v) is 8.56. The van der Waals surface area contributed by atoms with Crippen molar-refractivity contribution in [3.8, 4) is 17.3 Å². The van der Waals surface area contributed by atoms with Gasteiger partial charge < -0.3 is 14.7 Å². The summed E-state index contributed by atoms with van der Waals surface area (Å²) in [6.07, 6.45) is 3.57. The van der Waals surface area contributed by atoms with E-state index in [1.807, 2.05) is 13.0 Å². The molecular formula is C22H25ClN4O2. The first kappa shape index (κ1) is 20.1.